The molecule has 102 valence electrons. The number of benzene rings is 1. The van der Waals surface area contributed by atoms with Crippen molar-refractivity contribution in [1.29, 1.82) is 0 Å². The second kappa shape index (κ2) is 5.96. The normalized spacial score (nSPS) is 11.2. The van der Waals surface area contributed by atoms with Crippen LogP contribution in [0.1, 0.15) is 25.8 Å². The zero-order valence-corrected chi connectivity index (χ0v) is 12.0. The monoisotopic (exact) mass is 252 g/mol. The number of hydrogen-bond donors (Lipinski definition) is 2. The third-order valence-corrected chi connectivity index (χ3v) is 2.87. The lowest BCUT2D eigenvalue weighted by Gasteiger charge is -2.20. The predicted octanol–water partition coefficient (Wildman–Crippen LogP) is 2.55. The summed E-state index contributed by atoms with van der Waals surface area (Å²) in [6.45, 7) is 6.83. The van der Waals surface area contributed by atoms with E-state index in [1.54, 1.807) is 14.2 Å². The van der Waals surface area contributed by atoms with Gasteiger partial charge in [0.1, 0.15) is 11.5 Å². The SMILES string of the molecule is COc1ccc(NCCC(C)(C)N)c(OC)c1C. The van der Waals surface area contributed by atoms with Crippen LogP contribution in [-0.4, -0.2) is 26.3 Å². The molecule has 0 heterocycles. The van der Waals surface area contributed by atoms with Crippen molar-refractivity contribution < 1.29 is 9.47 Å². The summed E-state index contributed by atoms with van der Waals surface area (Å²) in [4.78, 5) is 0. The molecule has 0 aliphatic rings. The zero-order valence-electron chi connectivity index (χ0n) is 12.0. The molecule has 0 bridgehead atoms. The molecule has 0 radical (unpaired) electrons. The van der Waals surface area contributed by atoms with Gasteiger partial charge in [0.2, 0.25) is 0 Å². The number of anilines is 1. The van der Waals surface area contributed by atoms with Gasteiger partial charge in [0, 0.05) is 17.6 Å². The third kappa shape index (κ3) is 3.81. The first kappa shape index (κ1) is 14.6. The summed E-state index contributed by atoms with van der Waals surface area (Å²) in [6.07, 6.45) is 0.890. The van der Waals surface area contributed by atoms with Crippen LogP contribution in [-0.2, 0) is 0 Å². The number of rotatable bonds is 6. The number of nitrogens with two attached hydrogens (primary N) is 1. The van der Waals surface area contributed by atoms with Gasteiger partial charge in [0.15, 0.2) is 0 Å². The molecule has 0 aliphatic heterocycles. The lowest BCUT2D eigenvalue weighted by Crippen LogP contribution is -2.34. The van der Waals surface area contributed by atoms with Crippen LogP contribution in [0.25, 0.3) is 0 Å². The molecule has 3 N–H and O–H groups in total. The van der Waals surface area contributed by atoms with Crippen molar-refractivity contribution in [2.24, 2.45) is 5.73 Å². The molecule has 1 rings (SSSR count). The fraction of sp³-hybridized carbons (Fsp3) is 0.571. The van der Waals surface area contributed by atoms with Gasteiger partial charge in [-0.1, -0.05) is 0 Å². The summed E-state index contributed by atoms with van der Waals surface area (Å²) in [6, 6.07) is 3.90. The van der Waals surface area contributed by atoms with Gasteiger partial charge in [0.25, 0.3) is 0 Å². The molecule has 1 aromatic rings. The number of nitrogens with one attached hydrogen (secondary N) is 1. The summed E-state index contributed by atoms with van der Waals surface area (Å²) < 4.78 is 10.7. The topological polar surface area (TPSA) is 56.5 Å². The van der Waals surface area contributed by atoms with Gasteiger partial charge in [-0.15, -0.1) is 0 Å². The average Bonchev–Trinajstić information content (AvgIpc) is 2.28. The summed E-state index contributed by atoms with van der Waals surface area (Å²) in [5, 5.41) is 3.35. The third-order valence-electron chi connectivity index (χ3n) is 2.87. The van der Waals surface area contributed by atoms with Gasteiger partial charge in [-0.25, -0.2) is 0 Å². The Morgan fingerprint density at radius 1 is 1.22 bits per heavy atom. The number of methoxy groups -OCH3 is 2. The molecule has 1 aromatic carbocycles. The van der Waals surface area contributed by atoms with Crippen molar-refractivity contribution >= 4 is 5.69 Å². The first-order chi connectivity index (χ1) is 8.39. The Labute approximate surface area is 109 Å². The zero-order chi connectivity index (χ0) is 13.8. The molecule has 18 heavy (non-hydrogen) atoms. The van der Waals surface area contributed by atoms with Crippen LogP contribution in [0.2, 0.25) is 0 Å². The van der Waals surface area contributed by atoms with E-state index in [1.807, 2.05) is 32.9 Å². The smallest absolute Gasteiger partial charge is 0.148 e. The number of ether oxygens (including phenoxy) is 2. The van der Waals surface area contributed by atoms with E-state index in [4.69, 9.17) is 15.2 Å². The molecule has 0 saturated heterocycles. The molecule has 0 amide bonds. The van der Waals surface area contributed by atoms with Crippen molar-refractivity contribution in [2.75, 3.05) is 26.1 Å². The standard InChI is InChI=1S/C14H24N2O2/c1-10-12(17-4)7-6-11(13(10)18-5)16-9-8-14(2,3)15/h6-7,16H,8-9,15H2,1-5H3. The second-order valence-electron chi connectivity index (χ2n) is 5.14. The molecule has 4 heteroatoms. The molecule has 0 atom stereocenters. The average molecular weight is 252 g/mol. The Morgan fingerprint density at radius 2 is 1.89 bits per heavy atom. The number of hydrogen-bond acceptors (Lipinski definition) is 4. The summed E-state index contributed by atoms with van der Waals surface area (Å²) >= 11 is 0. The van der Waals surface area contributed by atoms with E-state index in [1.165, 1.54) is 0 Å². The Hall–Kier alpha value is -1.42. The van der Waals surface area contributed by atoms with Gasteiger partial charge < -0.3 is 20.5 Å². The van der Waals surface area contributed by atoms with Crippen molar-refractivity contribution in [3.8, 4) is 11.5 Å². The molecule has 0 fully saturated rings. The lowest BCUT2D eigenvalue weighted by atomic mass is 10.0. The van der Waals surface area contributed by atoms with Crippen molar-refractivity contribution in [1.82, 2.24) is 0 Å². The van der Waals surface area contributed by atoms with E-state index >= 15 is 0 Å². The van der Waals surface area contributed by atoms with Crippen LogP contribution in [0.5, 0.6) is 11.5 Å². The maximum absolute atomic E-state index is 5.95. The minimum absolute atomic E-state index is 0.165. The first-order valence-electron chi connectivity index (χ1n) is 6.13. The van der Waals surface area contributed by atoms with E-state index in [2.05, 4.69) is 5.32 Å². The first-order valence-corrected chi connectivity index (χ1v) is 6.13. The van der Waals surface area contributed by atoms with E-state index in [9.17, 15) is 0 Å². The van der Waals surface area contributed by atoms with Crippen LogP contribution in [0.15, 0.2) is 12.1 Å². The van der Waals surface area contributed by atoms with Crippen molar-refractivity contribution in [2.45, 2.75) is 32.7 Å². The quantitative estimate of drug-likeness (QED) is 0.817. The Morgan fingerprint density at radius 3 is 2.39 bits per heavy atom. The highest BCUT2D eigenvalue weighted by Crippen LogP contribution is 2.34. The highest BCUT2D eigenvalue weighted by molar-refractivity contribution is 5.63. The van der Waals surface area contributed by atoms with Gasteiger partial charge in [-0.2, -0.15) is 0 Å². The fourth-order valence-corrected chi connectivity index (χ4v) is 1.82. The van der Waals surface area contributed by atoms with E-state index in [-0.39, 0.29) is 5.54 Å². The Bertz CT molecular complexity index is 398. The van der Waals surface area contributed by atoms with Crippen LogP contribution in [0, 0.1) is 6.92 Å². The summed E-state index contributed by atoms with van der Waals surface area (Å²) in [5.41, 5.74) is 7.76. The van der Waals surface area contributed by atoms with E-state index in [0.717, 1.165) is 35.7 Å². The van der Waals surface area contributed by atoms with Crippen LogP contribution < -0.4 is 20.5 Å². The molecular formula is C14H24N2O2. The second-order valence-corrected chi connectivity index (χ2v) is 5.14. The Balaban J connectivity index is 2.80. The highest BCUT2D eigenvalue weighted by atomic mass is 16.5. The molecule has 0 aliphatic carbocycles. The van der Waals surface area contributed by atoms with Crippen LogP contribution in [0.4, 0.5) is 5.69 Å². The molecule has 0 saturated carbocycles. The maximum atomic E-state index is 5.95. The summed E-state index contributed by atoms with van der Waals surface area (Å²) in [7, 11) is 3.33. The highest BCUT2D eigenvalue weighted by Gasteiger charge is 2.13. The van der Waals surface area contributed by atoms with Crippen molar-refractivity contribution in [3.63, 3.8) is 0 Å². The van der Waals surface area contributed by atoms with E-state index < -0.39 is 0 Å². The van der Waals surface area contributed by atoms with Gasteiger partial charge in [-0.05, 0) is 39.3 Å². The lowest BCUT2D eigenvalue weighted by molar-refractivity contribution is 0.389. The van der Waals surface area contributed by atoms with E-state index in [0.29, 0.717) is 0 Å². The molecule has 0 aromatic heterocycles. The minimum atomic E-state index is -0.165. The Kier molecular flexibility index (Phi) is 4.84. The minimum Gasteiger partial charge on any atom is -0.496 e. The fourth-order valence-electron chi connectivity index (χ4n) is 1.82. The molecule has 0 unspecified atom stereocenters. The summed E-state index contributed by atoms with van der Waals surface area (Å²) in [5.74, 6) is 1.65. The van der Waals surface area contributed by atoms with Gasteiger partial charge in [-0.3, -0.25) is 0 Å². The molecule has 0 spiro atoms. The predicted molar refractivity (Wildman–Crippen MR) is 75.7 cm³/mol. The molecule has 4 nitrogen and oxygen atoms in total. The van der Waals surface area contributed by atoms with Crippen LogP contribution in [0.3, 0.4) is 0 Å². The maximum Gasteiger partial charge on any atom is 0.148 e. The van der Waals surface area contributed by atoms with Gasteiger partial charge >= 0.3 is 0 Å². The van der Waals surface area contributed by atoms with Gasteiger partial charge in [0.05, 0.1) is 19.9 Å². The molecular weight excluding hydrogens is 228 g/mol. The van der Waals surface area contributed by atoms with Crippen LogP contribution >= 0.6 is 0 Å². The van der Waals surface area contributed by atoms with Crippen molar-refractivity contribution in [3.05, 3.63) is 17.7 Å². The largest absolute Gasteiger partial charge is 0.496 e.